The molecule has 28 heavy (non-hydrogen) atoms. The topological polar surface area (TPSA) is 93.5 Å². The molecule has 0 radical (unpaired) electrons. The summed E-state index contributed by atoms with van der Waals surface area (Å²) >= 11 is 7.01. The third-order valence-electron chi connectivity index (χ3n) is 3.98. The van der Waals surface area contributed by atoms with Crippen molar-refractivity contribution in [2.75, 3.05) is 26.0 Å². The van der Waals surface area contributed by atoms with Crippen LogP contribution in [0.5, 0.6) is 0 Å². The van der Waals surface area contributed by atoms with E-state index in [1.54, 1.807) is 27.9 Å². The summed E-state index contributed by atoms with van der Waals surface area (Å²) in [5.74, 6) is -1.21. The van der Waals surface area contributed by atoms with Crippen LogP contribution in [0.25, 0.3) is 0 Å². The molecule has 0 aliphatic carbocycles. The molecule has 152 valence electrons. The molecule has 0 saturated carbocycles. The highest BCUT2D eigenvalue weighted by Gasteiger charge is 2.27. The lowest BCUT2D eigenvalue weighted by Gasteiger charge is -2.09. The van der Waals surface area contributed by atoms with Gasteiger partial charge in [-0.05, 0) is 25.8 Å². The molecule has 2 amide bonds. The summed E-state index contributed by atoms with van der Waals surface area (Å²) in [5, 5.41) is 7.50. The molecule has 0 fully saturated rings. The number of thiophene rings is 1. The number of aromatic nitrogens is 2. The Morgan fingerprint density at radius 3 is 2.54 bits per heavy atom. The van der Waals surface area contributed by atoms with Crippen LogP contribution in [0.2, 0.25) is 5.02 Å². The molecule has 10 heteroatoms. The lowest BCUT2D eigenvalue weighted by Crippen LogP contribution is -2.21. The second kappa shape index (κ2) is 9.20. The Balaban J connectivity index is 2.33. The summed E-state index contributed by atoms with van der Waals surface area (Å²) in [7, 11) is 3.25. The number of ether oxygens (including phenoxy) is 1. The van der Waals surface area contributed by atoms with Gasteiger partial charge >= 0.3 is 5.97 Å². The van der Waals surface area contributed by atoms with E-state index >= 15 is 0 Å². The van der Waals surface area contributed by atoms with Crippen LogP contribution in [-0.4, -0.2) is 53.2 Å². The SMILES string of the molecule is CCCOC(=O)c1c(NC(=O)Cn2ncc(Cl)c2C)sc(C(=O)N(C)C)c1C. The molecule has 0 spiro atoms. The molecule has 2 heterocycles. The molecule has 0 bridgehead atoms. The number of nitrogens with one attached hydrogen (secondary N) is 1. The van der Waals surface area contributed by atoms with Crippen molar-refractivity contribution in [2.24, 2.45) is 0 Å². The van der Waals surface area contributed by atoms with E-state index in [0.717, 1.165) is 11.3 Å². The third kappa shape index (κ3) is 4.71. The molecule has 0 aliphatic rings. The van der Waals surface area contributed by atoms with Gasteiger partial charge < -0.3 is 15.0 Å². The first kappa shape index (κ1) is 21.9. The molecule has 2 aromatic rings. The number of halogens is 1. The van der Waals surface area contributed by atoms with Crippen LogP contribution in [0.1, 0.15) is 44.6 Å². The standard InChI is InChI=1S/C18H23ClN4O4S/c1-6-7-27-18(26)14-10(2)15(17(25)22(4)5)28-16(14)21-13(24)9-23-11(3)12(19)8-20-23/h8H,6-7,9H2,1-5H3,(H,21,24). The molecular formula is C18H23ClN4O4S. The molecule has 0 atom stereocenters. The monoisotopic (exact) mass is 426 g/mol. The Labute approximate surface area is 172 Å². The molecule has 0 saturated heterocycles. The first-order chi connectivity index (χ1) is 13.2. The van der Waals surface area contributed by atoms with E-state index in [2.05, 4.69) is 10.4 Å². The van der Waals surface area contributed by atoms with Crippen LogP contribution in [0, 0.1) is 13.8 Å². The van der Waals surface area contributed by atoms with Crippen LogP contribution in [0.3, 0.4) is 0 Å². The summed E-state index contributed by atoms with van der Waals surface area (Å²) in [4.78, 5) is 39.3. The van der Waals surface area contributed by atoms with Crippen molar-refractivity contribution in [3.05, 3.63) is 32.9 Å². The van der Waals surface area contributed by atoms with Crippen molar-refractivity contribution in [1.29, 1.82) is 0 Å². The summed E-state index contributed by atoms with van der Waals surface area (Å²) in [6.07, 6.45) is 2.13. The maximum Gasteiger partial charge on any atom is 0.341 e. The van der Waals surface area contributed by atoms with Crippen molar-refractivity contribution in [3.63, 3.8) is 0 Å². The zero-order valence-electron chi connectivity index (χ0n) is 16.5. The molecule has 2 rings (SSSR count). The minimum atomic E-state index is -0.568. The van der Waals surface area contributed by atoms with E-state index < -0.39 is 11.9 Å². The average molecular weight is 427 g/mol. The van der Waals surface area contributed by atoms with Gasteiger partial charge in [0.05, 0.1) is 34.0 Å². The summed E-state index contributed by atoms with van der Waals surface area (Å²) in [5.41, 5.74) is 1.34. The second-order valence-electron chi connectivity index (χ2n) is 6.38. The Kier molecular flexibility index (Phi) is 7.20. The average Bonchev–Trinajstić information content (AvgIpc) is 3.12. The highest BCUT2D eigenvalue weighted by Crippen LogP contribution is 2.34. The van der Waals surface area contributed by atoms with Crippen LogP contribution < -0.4 is 5.32 Å². The highest BCUT2D eigenvalue weighted by atomic mass is 35.5. The second-order valence-corrected chi connectivity index (χ2v) is 7.81. The van der Waals surface area contributed by atoms with Crippen molar-refractivity contribution >= 4 is 45.7 Å². The van der Waals surface area contributed by atoms with Crippen LogP contribution in [0.15, 0.2) is 6.20 Å². The van der Waals surface area contributed by atoms with E-state index in [4.69, 9.17) is 16.3 Å². The Hall–Kier alpha value is -2.39. The predicted octanol–water partition coefficient (Wildman–Crippen LogP) is 3.12. The van der Waals surface area contributed by atoms with Gasteiger partial charge in [-0.1, -0.05) is 18.5 Å². The number of carbonyl (C=O) groups excluding carboxylic acids is 3. The minimum absolute atomic E-state index is 0.0735. The molecular weight excluding hydrogens is 404 g/mol. The fraction of sp³-hybridized carbons (Fsp3) is 0.444. The molecule has 8 nitrogen and oxygen atoms in total. The number of hydrogen-bond donors (Lipinski definition) is 1. The normalized spacial score (nSPS) is 10.6. The lowest BCUT2D eigenvalue weighted by atomic mass is 10.1. The van der Waals surface area contributed by atoms with Gasteiger partial charge in [-0.15, -0.1) is 11.3 Å². The molecule has 0 aromatic carbocycles. The van der Waals surface area contributed by atoms with Crippen molar-refractivity contribution in [3.8, 4) is 0 Å². The summed E-state index contributed by atoms with van der Waals surface area (Å²) in [6, 6.07) is 0. The van der Waals surface area contributed by atoms with Crippen molar-refractivity contribution in [1.82, 2.24) is 14.7 Å². The molecule has 0 aliphatic heterocycles. The number of anilines is 1. The minimum Gasteiger partial charge on any atom is -0.462 e. The Bertz CT molecular complexity index is 904. The maximum absolute atomic E-state index is 12.5. The first-order valence-corrected chi connectivity index (χ1v) is 9.86. The summed E-state index contributed by atoms with van der Waals surface area (Å²) in [6.45, 7) is 5.48. The summed E-state index contributed by atoms with van der Waals surface area (Å²) < 4.78 is 6.69. The van der Waals surface area contributed by atoms with E-state index in [1.165, 1.54) is 15.8 Å². The number of esters is 1. The molecule has 0 unspecified atom stereocenters. The highest BCUT2D eigenvalue weighted by molar-refractivity contribution is 7.18. The van der Waals surface area contributed by atoms with Gasteiger partial charge in [0.1, 0.15) is 11.5 Å². The largest absolute Gasteiger partial charge is 0.462 e. The Morgan fingerprint density at radius 1 is 1.32 bits per heavy atom. The van der Waals surface area contributed by atoms with Crippen molar-refractivity contribution in [2.45, 2.75) is 33.7 Å². The van der Waals surface area contributed by atoms with Crippen molar-refractivity contribution < 1.29 is 19.1 Å². The van der Waals surface area contributed by atoms with Crippen LogP contribution >= 0.6 is 22.9 Å². The van der Waals surface area contributed by atoms with E-state index in [9.17, 15) is 14.4 Å². The van der Waals surface area contributed by atoms with Gasteiger partial charge in [0.2, 0.25) is 5.91 Å². The number of hydrogen-bond acceptors (Lipinski definition) is 6. The van der Waals surface area contributed by atoms with Gasteiger partial charge in [0.15, 0.2) is 0 Å². The first-order valence-electron chi connectivity index (χ1n) is 8.67. The van der Waals surface area contributed by atoms with E-state index in [0.29, 0.717) is 27.6 Å². The zero-order valence-corrected chi connectivity index (χ0v) is 18.0. The predicted molar refractivity (Wildman–Crippen MR) is 108 cm³/mol. The lowest BCUT2D eigenvalue weighted by molar-refractivity contribution is -0.116. The fourth-order valence-corrected chi connectivity index (χ4v) is 3.78. The number of amides is 2. The molecule has 1 N–H and O–H groups in total. The smallest absolute Gasteiger partial charge is 0.341 e. The number of nitrogens with zero attached hydrogens (tertiary/aromatic N) is 3. The number of rotatable bonds is 7. The van der Waals surface area contributed by atoms with Gasteiger partial charge in [-0.2, -0.15) is 5.10 Å². The van der Waals surface area contributed by atoms with Crippen LogP contribution in [0.4, 0.5) is 5.00 Å². The van der Waals surface area contributed by atoms with Gasteiger partial charge in [0.25, 0.3) is 5.91 Å². The number of carbonyl (C=O) groups is 3. The third-order valence-corrected chi connectivity index (χ3v) is 5.54. The quantitative estimate of drug-likeness (QED) is 0.686. The fourth-order valence-electron chi connectivity index (χ4n) is 2.41. The van der Waals surface area contributed by atoms with E-state index in [1.807, 2.05) is 6.92 Å². The zero-order chi connectivity index (χ0) is 21.0. The van der Waals surface area contributed by atoms with E-state index in [-0.39, 0.29) is 29.6 Å². The maximum atomic E-state index is 12.5. The van der Waals surface area contributed by atoms with Gasteiger partial charge in [0, 0.05) is 14.1 Å². The molecule has 2 aromatic heterocycles. The van der Waals surface area contributed by atoms with Gasteiger partial charge in [-0.25, -0.2) is 4.79 Å². The van der Waals surface area contributed by atoms with Crippen LogP contribution in [-0.2, 0) is 16.1 Å². The Morgan fingerprint density at radius 2 is 2.00 bits per heavy atom. The van der Waals surface area contributed by atoms with Gasteiger partial charge in [-0.3, -0.25) is 14.3 Å².